The number of rotatable bonds is 22. The van der Waals surface area contributed by atoms with Gasteiger partial charge in [-0.1, -0.05) is 0 Å². The van der Waals surface area contributed by atoms with Gasteiger partial charge in [0.25, 0.3) is 0 Å². The molecule has 3 rings (SSSR count). The van der Waals surface area contributed by atoms with Crippen molar-refractivity contribution in [3.05, 3.63) is 42.5 Å². The summed E-state index contributed by atoms with van der Waals surface area (Å²) >= 11 is 0. The van der Waals surface area contributed by atoms with Crippen molar-refractivity contribution < 1.29 is 82.2 Å². The lowest BCUT2D eigenvalue weighted by molar-refractivity contribution is -2.00. The Morgan fingerprint density at radius 3 is 1.40 bits per heavy atom. The van der Waals surface area contributed by atoms with Crippen LogP contribution in [0.25, 0.3) is 21.8 Å². The molecule has 0 spiro atoms. The Morgan fingerprint density at radius 1 is 0.679 bits per heavy atom. The van der Waals surface area contributed by atoms with Crippen LogP contribution in [-0.4, -0.2) is 113 Å². The summed E-state index contributed by atoms with van der Waals surface area (Å²) in [6.45, 7) is -0.522. The van der Waals surface area contributed by atoms with Crippen molar-refractivity contribution in [3.63, 3.8) is 0 Å². The number of carbonyl (C=O) groups is 4. The number of nitrogens with zero attached hydrogens (tertiary/aromatic N) is 3. The monoisotopic (exact) mass is 770 g/mol. The molecule has 1 amide bonds. The molecule has 1 heterocycles. The molecule has 0 aliphatic rings. The standard InChI is InChI=1S/C34H46N4O10.ClHO4/c1-36(2)26-9-7-24-18-25-8-10-27(37(3)4)20-29(25)38(28(24)19-26)14-5-6-30(39)35-34(21-46-15-11-31(40)41,22-47-16-12-32(42)43)23-48-17-13-33(44)45;2-1(3,4)5/h7-10,18-20H,5-6,11-17,21-23H2,1-4H3,(H3-,35,39,40,41,42,43,44,45);(H,2,3,4,5). The van der Waals surface area contributed by atoms with Gasteiger partial charge in [-0.05, 0) is 30.3 Å². The summed E-state index contributed by atoms with van der Waals surface area (Å²) < 4.78 is 53.0. The molecule has 4 N–H and O–H groups in total. The Bertz CT molecular complexity index is 1560. The Morgan fingerprint density at radius 2 is 1.06 bits per heavy atom. The first kappa shape index (κ1) is 44.8. The maximum absolute atomic E-state index is 13.5. The van der Waals surface area contributed by atoms with Crippen LogP contribution >= 0.6 is 0 Å². The molecule has 0 aliphatic heterocycles. The molecule has 3 aromatic rings. The third-order valence-electron chi connectivity index (χ3n) is 7.66. The molecule has 0 bridgehead atoms. The van der Waals surface area contributed by atoms with E-state index in [1.54, 1.807) is 0 Å². The number of carbonyl (C=O) groups excluding carboxylic acids is 1. The molecule has 0 unspecified atom stereocenters. The van der Waals surface area contributed by atoms with Crippen LogP contribution in [0.4, 0.5) is 11.4 Å². The fraction of sp³-hybridized carbons (Fsp3) is 0.500. The summed E-state index contributed by atoms with van der Waals surface area (Å²) in [5.74, 6) is -3.54. The Kier molecular flexibility index (Phi) is 18.0. The highest BCUT2D eigenvalue weighted by Gasteiger charge is 2.34. The van der Waals surface area contributed by atoms with Crippen LogP contribution < -0.4 is 38.3 Å². The Hall–Kier alpha value is -4.40. The third kappa shape index (κ3) is 16.9. The number of aliphatic carboxylic acids is 3. The number of pyridine rings is 1. The molecule has 0 saturated carbocycles. The molecule has 2 aromatic carbocycles. The van der Waals surface area contributed by atoms with E-state index in [0.29, 0.717) is 13.0 Å². The smallest absolute Gasteiger partial charge is 0.305 e. The van der Waals surface area contributed by atoms with Gasteiger partial charge in [-0.15, -0.1) is 10.2 Å². The molecular weight excluding hydrogens is 724 g/mol. The van der Waals surface area contributed by atoms with Crippen molar-refractivity contribution in [2.24, 2.45) is 0 Å². The fourth-order valence-corrected chi connectivity index (χ4v) is 5.14. The normalized spacial score (nSPS) is 11.5. The van der Waals surface area contributed by atoms with Crippen LogP contribution in [-0.2, 0) is 39.9 Å². The number of amides is 1. The van der Waals surface area contributed by atoms with Crippen LogP contribution in [0.3, 0.4) is 0 Å². The van der Waals surface area contributed by atoms with E-state index < -0.39 is 33.7 Å². The van der Waals surface area contributed by atoms with Gasteiger partial charge in [-0.25, -0.2) is 18.6 Å². The predicted octanol–water partition coefficient (Wildman–Crippen LogP) is -2.23. The average molecular weight is 771 g/mol. The van der Waals surface area contributed by atoms with Gasteiger partial charge in [0.2, 0.25) is 16.9 Å². The van der Waals surface area contributed by atoms with E-state index in [4.69, 9.17) is 48.2 Å². The first-order valence-electron chi connectivity index (χ1n) is 16.4. The van der Waals surface area contributed by atoms with E-state index in [1.165, 1.54) is 0 Å². The lowest BCUT2D eigenvalue weighted by Gasteiger charge is -2.34. The number of hydrogen-bond acceptors (Lipinski definition) is 13. The lowest BCUT2D eigenvalue weighted by atomic mass is 10.0. The van der Waals surface area contributed by atoms with E-state index in [-0.39, 0.29) is 71.2 Å². The molecule has 1 aromatic heterocycles. The van der Waals surface area contributed by atoms with Gasteiger partial charge in [-0.2, -0.15) is 4.57 Å². The summed E-state index contributed by atoms with van der Waals surface area (Å²) in [7, 11) is 2.98. The van der Waals surface area contributed by atoms with Gasteiger partial charge in [0.15, 0.2) is 0 Å². The number of benzene rings is 2. The molecule has 0 radical (unpaired) electrons. The van der Waals surface area contributed by atoms with E-state index in [0.717, 1.165) is 33.2 Å². The van der Waals surface area contributed by atoms with E-state index >= 15 is 0 Å². The minimum Gasteiger partial charge on any atom is -0.481 e. The van der Waals surface area contributed by atoms with Crippen molar-refractivity contribution in [3.8, 4) is 0 Å². The second-order valence-electron chi connectivity index (χ2n) is 12.5. The number of carboxylic acid groups (broad SMARTS) is 3. The predicted molar refractivity (Wildman–Crippen MR) is 180 cm³/mol. The van der Waals surface area contributed by atoms with E-state index in [2.05, 4.69) is 52.3 Å². The van der Waals surface area contributed by atoms with Gasteiger partial charge in [-0.3, -0.25) is 19.2 Å². The van der Waals surface area contributed by atoms with Crippen LogP contribution in [0, 0.1) is 10.2 Å². The summed E-state index contributed by atoms with van der Waals surface area (Å²) in [5.41, 5.74) is 2.79. The second kappa shape index (κ2) is 21.3. The van der Waals surface area contributed by atoms with Crippen molar-refractivity contribution in [2.45, 2.75) is 44.2 Å². The quantitative estimate of drug-likeness (QED) is 0.0478. The second-order valence-corrected chi connectivity index (χ2v) is 13.2. The maximum Gasteiger partial charge on any atom is 0.305 e. The van der Waals surface area contributed by atoms with Gasteiger partial charge >= 0.3 is 17.9 Å². The van der Waals surface area contributed by atoms with Gasteiger partial charge in [0, 0.05) is 75.3 Å². The molecular formula is C34H47ClN4O14. The highest BCUT2D eigenvalue weighted by Crippen LogP contribution is 2.25. The zero-order chi connectivity index (χ0) is 39.8. The van der Waals surface area contributed by atoms with Crippen LogP contribution in [0.1, 0.15) is 32.1 Å². The highest BCUT2D eigenvalue weighted by atomic mass is 35.7. The zero-order valence-corrected chi connectivity index (χ0v) is 30.8. The summed E-state index contributed by atoms with van der Waals surface area (Å²) in [6, 6.07) is 14.7. The minimum atomic E-state index is -4.94. The van der Waals surface area contributed by atoms with E-state index in [1.807, 2.05) is 38.0 Å². The number of aromatic nitrogens is 1. The van der Waals surface area contributed by atoms with Crippen LogP contribution in [0.5, 0.6) is 0 Å². The summed E-state index contributed by atoms with van der Waals surface area (Å²) in [4.78, 5) is 50.7. The fourth-order valence-electron chi connectivity index (χ4n) is 5.14. The van der Waals surface area contributed by atoms with Crippen molar-refractivity contribution in [1.82, 2.24) is 5.32 Å². The highest BCUT2D eigenvalue weighted by molar-refractivity contribution is 5.91. The topological polar surface area (TPSA) is 271 Å². The molecule has 0 saturated heterocycles. The van der Waals surface area contributed by atoms with Crippen molar-refractivity contribution in [2.75, 3.05) is 77.6 Å². The van der Waals surface area contributed by atoms with E-state index in [9.17, 15) is 19.2 Å². The number of halogens is 1. The Balaban J connectivity index is 0.00000181. The number of nitrogens with one attached hydrogen (secondary N) is 1. The zero-order valence-electron chi connectivity index (χ0n) is 30.1. The number of hydrogen-bond donors (Lipinski definition) is 4. The maximum atomic E-state index is 13.5. The minimum absolute atomic E-state index is 0.104. The number of aryl methyl sites for hydroxylation is 1. The molecule has 53 heavy (non-hydrogen) atoms. The largest absolute Gasteiger partial charge is 0.481 e. The first-order valence-corrected chi connectivity index (χ1v) is 17.6. The lowest BCUT2D eigenvalue weighted by Crippen LogP contribution is -2.68. The van der Waals surface area contributed by atoms with Crippen LogP contribution in [0.2, 0.25) is 0 Å². The molecule has 0 fully saturated rings. The van der Waals surface area contributed by atoms with Gasteiger partial charge in [0.05, 0.1) is 58.9 Å². The molecule has 19 heteroatoms. The van der Waals surface area contributed by atoms with Gasteiger partial charge in [0.1, 0.15) is 12.1 Å². The first-order chi connectivity index (χ1) is 24.8. The van der Waals surface area contributed by atoms with Crippen LogP contribution in [0.15, 0.2) is 42.5 Å². The number of fused-ring (bicyclic) bond motifs is 2. The number of carboxylic acids is 3. The van der Waals surface area contributed by atoms with Crippen molar-refractivity contribution in [1.29, 1.82) is 0 Å². The molecule has 0 aliphatic carbocycles. The summed E-state index contributed by atoms with van der Waals surface area (Å²) in [6.07, 6.45) is -0.257. The summed E-state index contributed by atoms with van der Waals surface area (Å²) in [5, 5.41) is 32.1. The molecule has 18 nitrogen and oxygen atoms in total. The number of anilines is 2. The Labute approximate surface area is 308 Å². The molecule has 294 valence electrons. The number of ether oxygens (including phenoxy) is 3. The van der Waals surface area contributed by atoms with Gasteiger partial charge < -0.3 is 44.6 Å². The SMILES string of the molecule is CN(C)c1ccc2cc3ccc(N(C)C)cc3[n+](CCCC(=O)NC(COCCC(=O)O)(COCCC(=O)O)COCCC(=O)O)c2c1.[O-][Cl+3]([O-])([O-])[O-]. The average Bonchev–Trinajstić information content (AvgIpc) is 3.05. The van der Waals surface area contributed by atoms with Crippen molar-refractivity contribution >= 4 is 57.0 Å². The third-order valence-corrected chi connectivity index (χ3v) is 7.66. The molecule has 0 atom stereocenters.